The minimum atomic E-state index is -0.170. The molecule has 8 heteroatoms. The average molecular weight is 410 g/mol. The van der Waals surface area contributed by atoms with Gasteiger partial charge in [-0.1, -0.05) is 17.4 Å². The molecule has 3 aromatic heterocycles. The summed E-state index contributed by atoms with van der Waals surface area (Å²) in [6.07, 6.45) is 0.572. The zero-order valence-electron chi connectivity index (χ0n) is 17.1. The maximum Gasteiger partial charge on any atom is 0.253 e. The summed E-state index contributed by atoms with van der Waals surface area (Å²) in [5.74, 6) is -0.153. The number of benzene rings is 1. The number of hydrogen-bond donors (Lipinski definition) is 2. The van der Waals surface area contributed by atoms with Gasteiger partial charge in [0.05, 0.1) is 15.9 Å². The molecule has 0 unspecified atom stereocenters. The number of nitrogens with one attached hydrogen (secondary N) is 2. The lowest BCUT2D eigenvalue weighted by atomic mass is 10.0. The van der Waals surface area contributed by atoms with Gasteiger partial charge < -0.3 is 10.3 Å². The summed E-state index contributed by atoms with van der Waals surface area (Å²) in [5, 5.41) is 8.79. The minimum Gasteiger partial charge on any atom is -0.307 e. The maximum atomic E-state index is 12.5. The van der Waals surface area contributed by atoms with Gasteiger partial charge in [-0.2, -0.15) is 5.10 Å². The molecule has 0 spiro atoms. The number of H-pyrrole nitrogens is 1. The van der Waals surface area contributed by atoms with Gasteiger partial charge in [-0.15, -0.1) is 0 Å². The van der Waals surface area contributed by atoms with Gasteiger partial charge in [-0.25, -0.2) is 4.98 Å². The van der Waals surface area contributed by atoms with E-state index in [9.17, 15) is 9.59 Å². The topological polar surface area (TPSA) is 92.7 Å². The highest BCUT2D eigenvalue weighted by atomic mass is 32.1. The Bertz CT molecular complexity index is 1330. The monoisotopic (exact) mass is 409 g/mol. The van der Waals surface area contributed by atoms with Crippen LogP contribution in [-0.2, 0) is 18.3 Å². The Hall–Kier alpha value is -3.00. The van der Waals surface area contributed by atoms with Crippen molar-refractivity contribution in [2.24, 2.45) is 7.05 Å². The second-order valence-corrected chi connectivity index (χ2v) is 8.52. The molecule has 150 valence electrons. The first-order chi connectivity index (χ1) is 13.7. The van der Waals surface area contributed by atoms with E-state index in [0.717, 1.165) is 32.4 Å². The molecule has 0 radical (unpaired) electrons. The van der Waals surface area contributed by atoms with Crippen molar-refractivity contribution in [3.63, 3.8) is 0 Å². The lowest BCUT2D eigenvalue weighted by Gasteiger charge is -2.07. The summed E-state index contributed by atoms with van der Waals surface area (Å²) in [5.41, 5.74) is 6.09. The quantitative estimate of drug-likeness (QED) is 0.538. The SMILES string of the molecule is Cc1cc(C)c2nc(NC(=O)CCc3c(C)c4c(C)nn(C)c4[nH]c3=O)sc2c1. The summed E-state index contributed by atoms with van der Waals surface area (Å²) < 4.78 is 2.73. The number of aromatic nitrogens is 4. The Labute approximate surface area is 171 Å². The van der Waals surface area contributed by atoms with Crippen LogP contribution >= 0.6 is 11.3 Å². The number of aromatic amines is 1. The van der Waals surface area contributed by atoms with E-state index in [1.54, 1.807) is 11.7 Å². The zero-order chi connectivity index (χ0) is 20.9. The van der Waals surface area contributed by atoms with E-state index in [0.29, 0.717) is 22.8 Å². The summed E-state index contributed by atoms with van der Waals surface area (Å²) in [7, 11) is 1.80. The predicted octanol–water partition coefficient (Wildman–Crippen LogP) is 3.68. The van der Waals surface area contributed by atoms with Crippen LogP contribution in [0.25, 0.3) is 21.3 Å². The molecular formula is C21H23N5O2S. The second kappa shape index (κ2) is 7.11. The van der Waals surface area contributed by atoms with Crippen molar-refractivity contribution < 1.29 is 4.79 Å². The number of nitrogens with zero attached hydrogens (tertiary/aromatic N) is 3. The van der Waals surface area contributed by atoms with Gasteiger partial charge in [0.15, 0.2) is 5.13 Å². The largest absolute Gasteiger partial charge is 0.307 e. The lowest BCUT2D eigenvalue weighted by Crippen LogP contribution is -2.19. The van der Waals surface area contributed by atoms with Crippen LogP contribution in [0.1, 0.15) is 34.4 Å². The molecule has 0 saturated heterocycles. The van der Waals surface area contributed by atoms with Gasteiger partial charge in [0, 0.05) is 24.4 Å². The minimum absolute atomic E-state index is 0.153. The third-order valence-electron chi connectivity index (χ3n) is 5.23. The number of rotatable bonds is 4. The first kappa shape index (κ1) is 19.3. The van der Waals surface area contributed by atoms with Crippen LogP contribution in [0.15, 0.2) is 16.9 Å². The van der Waals surface area contributed by atoms with Gasteiger partial charge in [-0.3, -0.25) is 14.3 Å². The number of anilines is 1. The number of amides is 1. The Kier molecular flexibility index (Phi) is 4.74. The number of thiazole rings is 1. The molecule has 29 heavy (non-hydrogen) atoms. The molecule has 0 atom stereocenters. The second-order valence-electron chi connectivity index (χ2n) is 7.49. The zero-order valence-corrected chi connectivity index (χ0v) is 18.0. The standard InChI is InChI=1S/C21H23N5O2S/c1-10-8-11(2)18-15(9-10)29-21(23-18)22-16(27)7-6-14-12(3)17-13(4)25-26(5)19(17)24-20(14)28/h8-9H,6-7H2,1-5H3,(H,24,28)(H,22,23,27). The molecule has 4 rings (SSSR count). The van der Waals surface area contributed by atoms with Crippen LogP contribution in [0.3, 0.4) is 0 Å². The van der Waals surface area contributed by atoms with Crippen LogP contribution in [0.4, 0.5) is 5.13 Å². The number of carbonyl (C=O) groups is 1. The Balaban J connectivity index is 1.54. The number of pyridine rings is 1. The van der Waals surface area contributed by atoms with Crippen LogP contribution < -0.4 is 10.9 Å². The van der Waals surface area contributed by atoms with Gasteiger partial charge >= 0.3 is 0 Å². The van der Waals surface area contributed by atoms with Crippen molar-refractivity contribution in [3.8, 4) is 0 Å². The normalized spacial score (nSPS) is 11.5. The van der Waals surface area contributed by atoms with Gasteiger partial charge in [0.1, 0.15) is 5.65 Å². The molecule has 0 saturated carbocycles. The molecule has 3 heterocycles. The molecule has 4 aromatic rings. The Morgan fingerprint density at radius 1 is 1.24 bits per heavy atom. The van der Waals surface area contributed by atoms with Crippen molar-refractivity contribution >= 4 is 43.6 Å². The molecule has 7 nitrogen and oxygen atoms in total. The maximum absolute atomic E-state index is 12.5. The van der Waals surface area contributed by atoms with Gasteiger partial charge in [0.2, 0.25) is 5.91 Å². The summed E-state index contributed by atoms with van der Waals surface area (Å²) in [6.45, 7) is 7.90. The van der Waals surface area contributed by atoms with Crippen LogP contribution in [0, 0.1) is 27.7 Å². The van der Waals surface area contributed by atoms with E-state index >= 15 is 0 Å². The Morgan fingerprint density at radius 3 is 2.76 bits per heavy atom. The molecule has 2 N–H and O–H groups in total. The molecule has 0 aliphatic carbocycles. The van der Waals surface area contributed by atoms with E-state index in [1.807, 2.05) is 27.7 Å². The van der Waals surface area contributed by atoms with Crippen molar-refractivity contribution in [2.45, 2.75) is 40.5 Å². The van der Waals surface area contributed by atoms with E-state index < -0.39 is 0 Å². The van der Waals surface area contributed by atoms with Crippen LogP contribution in [0.5, 0.6) is 0 Å². The molecule has 1 amide bonds. The van der Waals surface area contributed by atoms with Crippen molar-refractivity contribution in [1.29, 1.82) is 0 Å². The number of carbonyl (C=O) groups excluding carboxylic acids is 1. The van der Waals surface area contributed by atoms with Crippen LogP contribution in [0.2, 0.25) is 0 Å². The lowest BCUT2D eigenvalue weighted by molar-refractivity contribution is -0.116. The summed E-state index contributed by atoms with van der Waals surface area (Å²) >= 11 is 1.47. The first-order valence-corrected chi connectivity index (χ1v) is 10.3. The molecule has 0 aliphatic heterocycles. The molecule has 0 bridgehead atoms. The van der Waals surface area contributed by atoms with E-state index in [1.165, 1.54) is 16.9 Å². The van der Waals surface area contributed by atoms with Crippen LogP contribution in [-0.4, -0.2) is 25.7 Å². The smallest absolute Gasteiger partial charge is 0.253 e. The summed E-state index contributed by atoms with van der Waals surface area (Å²) in [6, 6.07) is 4.16. The molecule has 1 aromatic carbocycles. The number of hydrogen-bond acceptors (Lipinski definition) is 5. The fraction of sp³-hybridized carbons (Fsp3) is 0.333. The number of fused-ring (bicyclic) bond motifs is 2. The fourth-order valence-corrected chi connectivity index (χ4v) is 4.96. The summed E-state index contributed by atoms with van der Waals surface area (Å²) in [4.78, 5) is 32.5. The predicted molar refractivity (Wildman–Crippen MR) is 117 cm³/mol. The van der Waals surface area contributed by atoms with E-state index in [2.05, 4.69) is 32.5 Å². The fourth-order valence-electron chi connectivity index (χ4n) is 3.90. The average Bonchev–Trinajstić information content (AvgIpc) is 3.15. The Morgan fingerprint density at radius 2 is 2.00 bits per heavy atom. The van der Waals surface area contributed by atoms with E-state index in [4.69, 9.17) is 0 Å². The third kappa shape index (κ3) is 3.44. The van der Waals surface area contributed by atoms with Gasteiger partial charge in [-0.05, 0) is 56.9 Å². The third-order valence-corrected chi connectivity index (χ3v) is 6.15. The first-order valence-electron chi connectivity index (χ1n) is 9.47. The highest BCUT2D eigenvalue weighted by Crippen LogP contribution is 2.29. The molecule has 0 aliphatic rings. The van der Waals surface area contributed by atoms with Crippen molar-refractivity contribution in [2.75, 3.05) is 5.32 Å². The van der Waals surface area contributed by atoms with Crippen molar-refractivity contribution in [1.82, 2.24) is 19.7 Å². The van der Waals surface area contributed by atoms with Crippen molar-refractivity contribution in [3.05, 3.63) is 50.4 Å². The number of aryl methyl sites for hydroxylation is 5. The molecular weight excluding hydrogens is 386 g/mol. The highest BCUT2D eigenvalue weighted by Gasteiger charge is 2.16. The highest BCUT2D eigenvalue weighted by molar-refractivity contribution is 7.22. The van der Waals surface area contributed by atoms with E-state index in [-0.39, 0.29) is 17.9 Å². The van der Waals surface area contributed by atoms with Gasteiger partial charge in [0.25, 0.3) is 5.56 Å². The molecule has 0 fully saturated rings.